The molecular weight excluding hydrogens is 418 g/mol. The zero-order valence-electron chi connectivity index (χ0n) is 17.0. The Bertz CT molecular complexity index is 1030. The van der Waals surface area contributed by atoms with Gasteiger partial charge in [0.2, 0.25) is 0 Å². The molecule has 6 nitrogen and oxygen atoms in total. The van der Waals surface area contributed by atoms with E-state index in [1.807, 2.05) is 0 Å². The number of primary amides is 1. The Morgan fingerprint density at radius 1 is 1.23 bits per heavy atom. The average molecular weight is 439 g/mol. The van der Waals surface area contributed by atoms with E-state index >= 15 is 0 Å². The smallest absolute Gasteiger partial charge is 0.364 e. The summed E-state index contributed by atoms with van der Waals surface area (Å²) in [6.07, 6.45) is -5.03. The van der Waals surface area contributed by atoms with Gasteiger partial charge in [-0.1, -0.05) is 19.1 Å². The number of pyridine rings is 1. The van der Waals surface area contributed by atoms with Crippen LogP contribution in [0.3, 0.4) is 0 Å². The Morgan fingerprint density at radius 2 is 1.90 bits per heavy atom. The van der Waals surface area contributed by atoms with Crippen molar-refractivity contribution in [2.75, 3.05) is 5.32 Å². The van der Waals surface area contributed by atoms with Gasteiger partial charge in [-0.15, -0.1) is 0 Å². The summed E-state index contributed by atoms with van der Waals surface area (Å²) in [5, 5.41) is 2.46. The molecule has 1 saturated heterocycles. The third-order valence-electron chi connectivity index (χ3n) is 5.77. The molecule has 0 bridgehead atoms. The monoisotopic (exact) mass is 439 g/mol. The fourth-order valence-corrected chi connectivity index (χ4v) is 3.79. The number of amides is 2. The van der Waals surface area contributed by atoms with Gasteiger partial charge in [-0.2, -0.15) is 13.2 Å². The maximum absolute atomic E-state index is 13.9. The Labute approximate surface area is 175 Å². The fourth-order valence-electron chi connectivity index (χ4n) is 3.79. The van der Waals surface area contributed by atoms with E-state index in [-0.39, 0.29) is 16.9 Å². The van der Waals surface area contributed by atoms with Gasteiger partial charge in [0.25, 0.3) is 11.8 Å². The van der Waals surface area contributed by atoms with Crippen LogP contribution in [-0.2, 0) is 9.53 Å². The van der Waals surface area contributed by atoms with Gasteiger partial charge >= 0.3 is 6.18 Å². The number of rotatable bonds is 4. The number of halogens is 4. The first-order valence-electron chi connectivity index (χ1n) is 9.42. The summed E-state index contributed by atoms with van der Waals surface area (Å²) >= 11 is 0. The largest absolute Gasteiger partial charge is 0.417 e. The molecule has 10 heteroatoms. The molecule has 1 aliphatic rings. The number of carbonyl (C=O) groups is 2. The second-order valence-corrected chi connectivity index (χ2v) is 7.75. The van der Waals surface area contributed by atoms with E-state index in [0.717, 1.165) is 13.0 Å². The molecule has 0 aliphatic carbocycles. The minimum Gasteiger partial charge on any atom is -0.364 e. The number of alkyl halides is 3. The quantitative estimate of drug-likeness (QED) is 0.711. The van der Waals surface area contributed by atoms with E-state index < -0.39 is 47.3 Å². The van der Waals surface area contributed by atoms with Crippen molar-refractivity contribution in [3.05, 3.63) is 59.2 Å². The predicted molar refractivity (Wildman–Crippen MR) is 104 cm³/mol. The summed E-state index contributed by atoms with van der Waals surface area (Å²) in [6, 6.07) is 6.49. The first kappa shape index (κ1) is 22.7. The van der Waals surface area contributed by atoms with Crippen molar-refractivity contribution >= 4 is 17.5 Å². The number of nitrogens with one attached hydrogen (secondary N) is 1. The second kappa shape index (κ2) is 7.92. The van der Waals surface area contributed by atoms with Crippen LogP contribution in [-0.4, -0.2) is 34.7 Å². The highest BCUT2D eigenvalue weighted by Crippen LogP contribution is 2.53. The molecule has 2 aromatic rings. The molecule has 0 saturated carbocycles. The van der Waals surface area contributed by atoms with Crippen LogP contribution in [0.15, 0.2) is 36.5 Å². The molecule has 3 rings (SSSR count). The van der Waals surface area contributed by atoms with Crippen molar-refractivity contribution < 1.29 is 31.9 Å². The molecule has 31 heavy (non-hydrogen) atoms. The van der Waals surface area contributed by atoms with Crippen LogP contribution < -0.4 is 11.1 Å². The Kier molecular flexibility index (Phi) is 5.79. The second-order valence-electron chi connectivity index (χ2n) is 7.75. The lowest BCUT2D eigenvalue weighted by atomic mass is 9.77. The summed E-state index contributed by atoms with van der Waals surface area (Å²) < 4.78 is 60.6. The van der Waals surface area contributed by atoms with Crippen LogP contribution in [0, 0.1) is 18.7 Å². The van der Waals surface area contributed by atoms with Gasteiger partial charge in [0.1, 0.15) is 17.6 Å². The van der Waals surface area contributed by atoms with Gasteiger partial charge in [0.05, 0.1) is 0 Å². The average Bonchev–Trinajstić information content (AvgIpc) is 2.96. The van der Waals surface area contributed by atoms with Gasteiger partial charge in [-0.05, 0) is 43.2 Å². The third-order valence-corrected chi connectivity index (χ3v) is 5.77. The summed E-state index contributed by atoms with van der Waals surface area (Å²) in [5.41, 5.74) is 3.17. The zero-order chi connectivity index (χ0) is 23.1. The standard InChI is InChI=1S/C21H21F4N3O3/c1-10-8-12(4-5-14(10)22)16-11(2)20(3,21(23,24)25)31-17(16)19(30)28-13-6-7-27-15(9-13)18(26)29/h4-9,11,16-17H,1-3H3,(H2,26,29)(H,27,28,30)/t11-,16-,17+,20+/m0/s1. The predicted octanol–water partition coefficient (Wildman–Crippen LogP) is 3.71. The number of carbonyl (C=O) groups excluding carboxylic acids is 2. The highest BCUT2D eigenvalue weighted by Gasteiger charge is 2.65. The molecule has 3 N–H and O–H groups in total. The molecule has 1 aromatic heterocycles. The van der Waals surface area contributed by atoms with Gasteiger partial charge in [0.15, 0.2) is 5.60 Å². The number of hydrogen-bond donors (Lipinski definition) is 2. The molecule has 0 radical (unpaired) electrons. The van der Waals surface area contributed by atoms with Gasteiger partial charge < -0.3 is 15.8 Å². The summed E-state index contributed by atoms with van der Waals surface area (Å²) in [6.45, 7) is 3.73. The molecule has 1 aliphatic heterocycles. The van der Waals surface area contributed by atoms with E-state index in [4.69, 9.17) is 10.5 Å². The SMILES string of the molecule is Cc1cc([C@H]2[C@H](C(=O)Nc3ccnc(C(N)=O)c3)O[C@@](C)(C(F)(F)F)[C@H]2C)ccc1F. The summed E-state index contributed by atoms with van der Waals surface area (Å²) in [4.78, 5) is 28.0. The van der Waals surface area contributed by atoms with Crippen LogP contribution in [0.2, 0.25) is 0 Å². The van der Waals surface area contributed by atoms with E-state index in [0.29, 0.717) is 5.56 Å². The first-order chi connectivity index (χ1) is 14.3. The normalized spacial score (nSPS) is 26.0. The van der Waals surface area contributed by atoms with Crippen molar-refractivity contribution in [1.29, 1.82) is 0 Å². The van der Waals surface area contributed by atoms with E-state index in [2.05, 4.69) is 10.3 Å². The minimum absolute atomic E-state index is 0.121. The van der Waals surface area contributed by atoms with E-state index in [1.54, 1.807) is 0 Å². The maximum atomic E-state index is 13.9. The molecular formula is C21H21F4N3O3. The first-order valence-corrected chi connectivity index (χ1v) is 9.42. The third kappa shape index (κ3) is 4.12. The summed E-state index contributed by atoms with van der Waals surface area (Å²) in [5.74, 6) is -4.32. The fraction of sp³-hybridized carbons (Fsp3) is 0.381. The molecule has 0 spiro atoms. The summed E-state index contributed by atoms with van der Waals surface area (Å²) in [7, 11) is 0. The Morgan fingerprint density at radius 3 is 2.48 bits per heavy atom. The Hall–Kier alpha value is -3.01. The maximum Gasteiger partial charge on any atom is 0.417 e. The molecule has 0 unspecified atom stereocenters. The van der Waals surface area contributed by atoms with Gasteiger partial charge in [-0.25, -0.2) is 4.39 Å². The lowest BCUT2D eigenvalue weighted by molar-refractivity contribution is -0.272. The molecule has 1 aromatic carbocycles. The number of hydrogen-bond acceptors (Lipinski definition) is 4. The van der Waals surface area contributed by atoms with Crippen molar-refractivity contribution in [2.24, 2.45) is 11.7 Å². The number of benzene rings is 1. The van der Waals surface area contributed by atoms with Crippen LogP contribution >= 0.6 is 0 Å². The van der Waals surface area contributed by atoms with Crippen molar-refractivity contribution in [1.82, 2.24) is 4.98 Å². The molecule has 166 valence electrons. The number of anilines is 1. The number of ether oxygens (including phenoxy) is 1. The number of aromatic nitrogens is 1. The zero-order valence-corrected chi connectivity index (χ0v) is 17.0. The number of nitrogens with zero attached hydrogens (tertiary/aromatic N) is 1. The van der Waals surface area contributed by atoms with E-state index in [9.17, 15) is 27.2 Å². The molecule has 2 amide bonds. The number of aryl methyl sites for hydroxylation is 1. The Balaban J connectivity index is 2.00. The van der Waals surface area contributed by atoms with Gasteiger partial charge in [0, 0.05) is 23.7 Å². The number of nitrogens with two attached hydrogens (primary N) is 1. The lowest BCUT2D eigenvalue weighted by Crippen LogP contribution is -2.47. The van der Waals surface area contributed by atoms with Crippen LogP contribution in [0.5, 0.6) is 0 Å². The highest BCUT2D eigenvalue weighted by atomic mass is 19.4. The molecule has 2 heterocycles. The highest BCUT2D eigenvalue weighted by molar-refractivity contribution is 5.97. The topological polar surface area (TPSA) is 94.3 Å². The van der Waals surface area contributed by atoms with Crippen LogP contribution in [0.1, 0.15) is 41.4 Å². The van der Waals surface area contributed by atoms with Crippen molar-refractivity contribution in [3.8, 4) is 0 Å². The van der Waals surface area contributed by atoms with Gasteiger partial charge in [-0.3, -0.25) is 14.6 Å². The van der Waals surface area contributed by atoms with Crippen molar-refractivity contribution in [2.45, 2.75) is 44.6 Å². The molecule has 1 fully saturated rings. The molecule has 4 atom stereocenters. The van der Waals surface area contributed by atoms with Crippen molar-refractivity contribution in [3.63, 3.8) is 0 Å². The lowest BCUT2D eigenvalue weighted by Gasteiger charge is -2.31. The minimum atomic E-state index is -4.75. The van der Waals surface area contributed by atoms with E-state index in [1.165, 1.54) is 44.3 Å². The van der Waals surface area contributed by atoms with Crippen LogP contribution in [0.4, 0.5) is 23.2 Å². The van der Waals surface area contributed by atoms with Crippen LogP contribution in [0.25, 0.3) is 0 Å².